The van der Waals surface area contributed by atoms with Gasteiger partial charge >= 0.3 is 0 Å². The molecule has 0 saturated carbocycles. The zero-order valence-corrected chi connectivity index (χ0v) is 15.8. The van der Waals surface area contributed by atoms with Crippen LogP contribution in [0.25, 0.3) is 17.1 Å². The van der Waals surface area contributed by atoms with E-state index in [1.165, 1.54) is 6.07 Å². The van der Waals surface area contributed by atoms with Crippen molar-refractivity contribution < 1.29 is 15.0 Å². The van der Waals surface area contributed by atoms with E-state index in [9.17, 15) is 15.0 Å². The second-order valence-electron chi connectivity index (χ2n) is 7.35. The lowest BCUT2D eigenvalue weighted by Crippen LogP contribution is -2.09. The number of phenolic OH excluding ortho intramolecular Hbond substituents is 2. The highest BCUT2D eigenvalue weighted by molar-refractivity contribution is 5.92. The molecule has 28 heavy (non-hydrogen) atoms. The summed E-state index contributed by atoms with van der Waals surface area (Å²) in [6, 6.07) is 8.87. The van der Waals surface area contributed by atoms with Gasteiger partial charge in [0.25, 0.3) is 0 Å². The van der Waals surface area contributed by atoms with Crippen molar-refractivity contribution in [3.05, 3.63) is 47.8 Å². The number of hydrogen-bond donors (Lipinski definition) is 3. The summed E-state index contributed by atoms with van der Waals surface area (Å²) in [6.45, 7) is 3.95. The SMILES string of the molecule is CC(C)c1cc(-c2nncn2-c2ccc3c(c2)CCCC(=O)N3)c(O)cc1O. The van der Waals surface area contributed by atoms with Crippen molar-refractivity contribution in [2.75, 3.05) is 5.32 Å². The fraction of sp³-hybridized carbons (Fsp3) is 0.286. The van der Waals surface area contributed by atoms with Crippen LogP contribution in [-0.2, 0) is 11.2 Å². The van der Waals surface area contributed by atoms with Crippen molar-refractivity contribution in [1.29, 1.82) is 0 Å². The first-order chi connectivity index (χ1) is 13.4. The number of nitrogens with zero attached hydrogens (tertiary/aromatic N) is 3. The van der Waals surface area contributed by atoms with Crippen molar-refractivity contribution in [2.24, 2.45) is 0 Å². The molecule has 0 bridgehead atoms. The van der Waals surface area contributed by atoms with Crippen molar-refractivity contribution >= 4 is 11.6 Å². The Kier molecular flexibility index (Phi) is 4.50. The topological polar surface area (TPSA) is 100 Å². The summed E-state index contributed by atoms with van der Waals surface area (Å²) in [5.74, 6) is 0.608. The summed E-state index contributed by atoms with van der Waals surface area (Å²) < 4.78 is 1.79. The van der Waals surface area contributed by atoms with Gasteiger partial charge in [-0.2, -0.15) is 0 Å². The number of hydrogen-bond acceptors (Lipinski definition) is 5. The molecule has 1 aromatic heterocycles. The van der Waals surface area contributed by atoms with Crippen LogP contribution in [0.1, 0.15) is 43.7 Å². The highest BCUT2D eigenvalue weighted by atomic mass is 16.3. The summed E-state index contributed by atoms with van der Waals surface area (Å²) >= 11 is 0. The van der Waals surface area contributed by atoms with Gasteiger partial charge in [0.2, 0.25) is 5.91 Å². The van der Waals surface area contributed by atoms with Gasteiger partial charge in [0.05, 0.1) is 5.56 Å². The average molecular weight is 378 g/mol. The lowest BCUT2D eigenvalue weighted by Gasteiger charge is -2.14. The molecule has 3 N–H and O–H groups in total. The van der Waals surface area contributed by atoms with Crippen LogP contribution in [0.15, 0.2) is 36.7 Å². The van der Waals surface area contributed by atoms with Gasteiger partial charge in [0.15, 0.2) is 5.82 Å². The first-order valence-corrected chi connectivity index (χ1v) is 9.33. The molecule has 0 saturated heterocycles. The molecule has 2 heterocycles. The van der Waals surface area contributed by atoms with E-state index >= 15 is 0 Å². The Balaban J connectivity index is 1.80. The third-order valence-electron chi connectivity index (χ3n) is 5.05. The van der Waals surface area contributed by atoms with Gasteiger partial charge in [-0.25, -0.2) is 0 Å². The number of aryl methyl sites for hydroxylation is 1. The molecule has 7 heteroatoms. The third kappa shape index (κ3) is 3.19. The highest BCUT2D eigenvalue weighted by Gasteiger charge is 2.19. The van der Waals surface area contributed by atoms with Gasteiger partial charge in [0.1, 0.15) is 17.8 Å². The number of carbonyl (C=O) groups is 1. The highest BCUT2D eigenvalue weighted by Crippen LogP contribution is 2.38. The predicted molar refractivity (Wildman–Crippen MR) is 106 cm³/mol. The molecule has 0 fully saturated rings. The van der Waals surface area contributed by atoms with E-state index in [0.717, 1.165) is 35.3 Å². The monoisotopic (exact) mass is 378 g/mol. The number of amides is 1. The fourth-order valence-corrected chi connectivity index (χ4v) is 3.55. The van der Waals surface area contributed by atoms with Gasteiger partial charge in [-0.1, -0.05) is 13.8 Å². The Morgan fingerprint density at radius 3 is 2.71 bits per heavy atom. The number of carbonyl (C=O) groups excluding carboxylic acids is 1. The molecule has 4 rings (SSSR count). The first-order valence-electron chi connectivity index (χ1n) is 9.33. The van der Waals surface area contributed by atoms with Crippen LogP contribution in [0.2, 0.25) is 0 Å². The van der Waals surface area contributed by atoms with Crippen LogP contribution >= 0.6 is 0 Å². The first kappa shape index (κ1) is 18.0. The van der Waals surface area contributed by atoms with E-state index in [-0.39, 0.29) is 23.3 Å². The quantitative estimate of drug-likeness (QED) is 0.645. The molecule has 1 aliphatic rings. The second kappa shape index (κ2) is 6.99. The number of phenols is 2. The van der Waals surface area contributed by atoms with E-state index in [2.05, 4.69) is 15.5 Å². The summed E-state index contributed by atoms with van der Waals surface area (Å²) in [5, 5.41) is 31.7. The van der Waals surface area contributed by atoms with Crippen LogP contribution in [0.4, 0.5) is 5.69 Å². The number of nitrogens with one attached hydrogen (secondary N) is 1. The second-order valence-corrected chi connectivity index (χ2v) is 7.35. The molecular formula is C21H22N4O3. The number of fused-ring (bicyclic) bond motifs is 1. The van der Waals surface area contributed by atoms with E-state index in [1.54, 1.807) is 17.0 Å². The van der Waals surface area contributed by atoms with E-state index in [0.29, 0.717) is 17.8 Å². The molecule has 1 amide bonds. The number of benzene rings is 2. The standard InChI is InChI=1S/C21H22N4O3/c1-12(2)15-9-16(19(27)10-18(15)26)21-24-22-11-25(21)14-6-7-17-13(8-14)4-3-5-20(28)23-17/h6-12,26-27H,3-5H2,1-2H3,(H,23,28). The minimum absolute atomic E-state index is 0.0340. The van der Waals surface area contributed by atoms with Gasteiger partial charge in [-0.05, 0) is 54.2 Å². The maximum atomic E-state index is 11.8. The zero-order valence-electron chi connectivity index (χ0n) is 15.8. The average Bonchev–Trinajstić information content (AvgIpc) is 3.04. The Hall–Kier alpha value is -3.35. The van der Waals surface area contributed by atoms with Gasteiger partial charge in [-0.3, -0.25) is 9.36 Å². The number of anilines is 1. The fourth-order valence-electron chi connectivity index (χ4n) is 3.55. The number of aromatic nitrogens is 3. The maximum Gasteiger partial charge on any atom is 0.224 e. The largest absolute Gasteiger partial charge is 0.508 e. The smallest absolute Gasteiger partial charge is 0.224 e. The van der Waals surface area contributed by atoms with Gasteiger partial charge in [0, 0.05) is 23.9 Å². The summed E-state index contributed by atoms with van der Waals surface area (Å²) in [7, 11) is 0. The van der Waals surface area contributed by atoms with Crippen LogP contribution in [0.3, 0.4) is 0 Å². The number of rotatable bonds is 3. The lowest BCUT2D eigenvalue weighted by molar-refractivity contribution is -0.116. The summed E-state index contributed by atoms with van der Waals surface area (Å²) in [4.78, 5) is 11.8. The normalized spacial score (nSPS) is 13.9. The Labute approximate surface area is 162 Å². The van der Waals surface area contributed by atoms with Crippen molar-refractivity contribution in [2.45, 2.75) is 39.0 Å². The molecule has 144 valence electrons. The Bertz CT molecular complexity index is 1060. The van der Waals surface area contributed by atoms with Gasteiger partial charge in [-0.15, -0.1) is 10.2 Å². The molecule has 7 nitrogen and oxygen atoms in total. The molecule has 1 aliphatic heterocycles. The third-order valence-corrected chi connectivity index (χ3v) is 5.05. The lowest BCUT2D eigenvalue weighted by atomic mass is 9.98. The molecular weight excluding hydrogens is 356 g/mol. The minimum Gasteiger partial charge on any atom is -0.508 e. The summed E-state index contributed by atoms with van der Waals surface area (Å²) in [5.41, 5.74) is 3.96. The molecule has 2 aromatic carbocycles. The van der Waals surface area contributed by atoms with Crippen molar-refractivity contribution in [1.82, 2.24) is 14.8 Å². The van der Waals surface area contributed by atoms with Gasteiger partial charge < -0.3 is 15.5 Å². The van der Waals surface area contributed by atoms with E-state index in [4.69, 9.17) is 0 Å². The van der Waals surface area contributed by atoms with Crippen LogP contribution in [0.5, 0.6) is 11.5 Å². The summed E-state index contributed by atoms with van der Waals surface area (Å²) in [6.07, 6.45) is 3.71. The zero-order chi connectivity index (χ0) is 19.8. The van der Waals surface area contributed by atoms with E-state index in [1.807, 2.05) is 32.0 Å². The minimum atomic E-state index is -0.0572. The molecule has 0 aliphatic carbocycles. The maximum absolute atomic E-state index is 11.8. The Morgan fingerprint density at radius 2 is 1.93 bits per heavy atom. The molecule has 0 unspecified atom stereocenters. The van der Waals surface area contributed by atoms with Crippen LogP contribution in [-0.4, -0.2) is 30.9 Å². The Morgan fingerprint density at radius 1 is 1.11 bits per heavy atom. The molecule has 0 atom stereocenters. The van der Waals surface area contributed by atoms with Crippen LogP contribution in [0, 0.1) is 0 Å². The molecule has 0 spiro atoms. The van der Waals surface area contributed by atoms with Crippen LogP contribution < -0.4 is 5.32 Å². The van der Waals surface area contributed by atoms with E-state index < -0.39 is 0 Å². The predicted octanol–water partition coefficient (Wildman–Crippen LogP) is 3.74. The molecule has 3 aromatic rings. The molecule has 0 radical (unpaired) electrons. The van der Waals surface area contributed by atoms with Crippen molar-refractivity contribution in [3.8, 4) is 28.6 Å². The number of aromatic hydroxyl groups is 2. The van der Waals surface area contributed by atoms with Crippen molar-refractivity contribution in [3.63, 3.8) is 0 Å².